The number of likely N-dealkylation sites (tertiary alicyclic amines) is 1. The molecule has 0 aromatic rings. The van der Waals surface area contributed by atoms with E-state index < -0.39 is 15.1 Å². The Morgan fingerprint density at radius 1 is 1.33 bits per heavy atom. The third-order valence-electron chi connectivity index (χ3n) is 2.25. The lowest BCUT2D eigenvalue weighted by molar-refractivity contribution is 0.0471. The van der Waals surface area contributed by atoms with Gasteiger partial charge in [0.1, 0.15) is 0 Å². The monoisotopic (exact) mass is 195 g/mol. The highest BCUT2D eigenvalue weighted by atomic mass is 32.2. The molecule has 1 heterocycles. The van der Waals surface area contributed by atoms with Crippen LogP contribution in [0.15, 0.2) is 0 Å². The van der Waals surface area contributed by atoms with E-state index in [0.29, 0.717) is 13.1 Å². The van der Waals surface area contributed by atoms with Crippen molar-refractivity contribution >= 4 is 10.1 Å². The van der Waals surface area contributed by atoms with Gasteiger partial charge in [-0.15, -0.1) is 0 Å². The molecule has 1 saturated heterocycles. The van der Waals surface area contributed by atoms with Gasteiger partial charge in [0.05, 0.1) is 0 Å². The summed E-state index contributed by atoms with van der Waals surface area (Å²) in [6, 6.07) is 0. The average Bonchev–Trinajstić information content (AvgIpc) is 1.93. The minimum absolute atomic E-state index is 0.0718. The molecule has 12 heavy (non-hydrogen) atoms. The van der Waals surface area contributed by atoms with E-state index in [1.165, 1.54) is 0 Å². The maximum Gasteiger partial charge on any atom is 0.295 e. The molecule has 0 bridgehead atoms. The molecule has 72 valence electrons. The molecule has 5 nitrogen and oxygen atoms in total. The second-order valence-electron chi connectivity index (χ2n) is 3.22. The van der Waals surface area contributed by atoms with Gasteiger partial charge in [0.2, 0.25) is 0 Å². The van der Waals surface area contributed by atoms with Gasteiger partial charge in [0.15, 0.2) is 4.93 Å². The molecule has 1 fully saturated rings. The summed E-state index contributed by atoms with van der Waals surface area (Å²) in [7, 11) is -2.48. The minimum atomic E-state index is -4.32. The molecule has 2 N–H and O–H groups in total. The zero-order chi connectivity index (χ0) is 9.41. The Balaban J connectivity index is 2.76. The van der Waals surface area contributed by atoms with Crippen molar-refractivity contribution in [2.75, 3.05) is 20.1 Å². The normalized spacial score (nSPS) is 25.6. The van der Waals surface area contributed by atoms with Crippen LogP contribution in [0.3, 0.4) is 0 Å². The van der Waals surface area contributed by atoms with E-state index in [1.54, 1.807) is 0 Å². The van der Waals surface area contributed by atoms with E-state index in [0.717, 1.165) is 0 Å². The van der Waals surface area contributed by atoms with Crippen LogP contribution >= 0.6 is 0 Å². The highest BCUT2D eigenvalue weighted by Crippen LogP contribution is 2.25. The summed E-state index contributed by atoms with van der Waals surface area (Å²) in [4.78, 5) is -0.0147. The van der Waals surface area contributed by atoms with Gasteiger partial charge in [0.25, 0.3) is 10.1 Å². The largest absolute Gasteiger partial charge is 0.372 e. The predicted octanol–water partition coefficient (Wildman–Crippen LogP) is -0.712. The standard InChI is InChI=1S/C6H13NO4S/c1-7-4-2-6(8,3-5-7)12(9,10)11/h8H,2-5H2,1H3,(H,9,10,11). The molecule has 1 aliphatic heterocycles. The van der Waals surface area contributed by atoms with Gasteiger partial charge in [-0.2, -0.15) is 8.42 Å². The quantitative estimate of drug-likeness (QED) is 0.540. The summed E-state index contributed by atoms with van der Waals surface area (Å²) >= 11 is 0. The van der Waals surface area contributed by atoms with Gasteiger partial charge in [-0.1, -0.05) is 0 Å². The fraction of sp³-hybridized carbons (Fsp3) is 1.00. The molecular weight excluding hydrogens is 182 g/mol. The molecule has 0 aliphatic carbocycles. The van der Waals surface area contributed by atoms with Crippen molar-refractivity contribution in [2.24, 2.45) is 0 Å². The first kappa shape index (κ1) is 9.91. The van der Waals surface area contributed by atoms with Crippen LogP contribution in [-0.4, -0.2) is 48.0 Å². The van der Waals surface area contributed by atoms with Crippen LogP contribution in [-0.2, 0) is 10.1 Å². The molecular formula is C6H13NO4S. The number of piperidine rings is 1. The van der Waals surface area contributed by atoms with Crippen molar-refractivity contribution in [1.29, 1.82) is 0 Å². The van der Waals surface area contributed by atoms with E-state index in [2.05, 4.69) is 0 Å². The van der Waals surface area contributed by atoms with Gasteiger partial charge >= 0.3 is 0 Å². The van der Waals surface area contributed by atoms with Gasteiger partial charge in [-0.3, -0.25) is 4.55 Å². The van der Waals surface area contributed by atoms with E-state index in [-0.39, 0.29) is 12.8 Å². The van der Waals surface area contributed by atoms with E-state index in [4.69, 9.17) is 4.55 Å². The maximum atomic E-state index is 10.7. The summed E-state index contributed by atoms with van der Waals surface area (Å²) in [6.45, 7) is 0.965. The molecule has 1 aliphatic rings. The molecule has 0 amide bonds. The molecule has 0 aromatic heterocycles. The molecule has 0 aromatic carbocycles. The van der Waals surface area contributed by atoms with E-state index in [9.17, 15) is 13.5 Å². The molecule has 6 heteroatoms. The highest BCUT2D eigenvalue weighted by Gasteiger charge is 2.42. The van der Waals surface area contributed by atoms with E-state index in [1.807, 2.05) is 11.9 Å². The van der Waals surface area contributed by atoms with Gasteiger partial charge in [0, 0.05) is 25.9 Å². The van der Waals surface area contributed by atoms with Crippen molar-refractivity contribution in [3.63, 3.8) is 0 Å². The predicted molar refractivity (Wildman–Crippen MR) is 43.2 cm³/mol. The summed E-state index contributed by atoms with van der Waals surface area (Å²) in [5.41, 5.74) is 0. The Bertz CT molecular complexity index is 253. The van der Waals surface area contributed by atoms with Crippen molar-refractivity contribution < 1.29 is 18.1 Å². The molecule has 0 radical (unpaired) electrons. The van der Waals surface area contributed by atoms with Gasteiger partial charge < -0.3 is 10.0 Å². The Labute approximate surface area is 71.7 Å². The van der Waals surface area contributed by atoms with Crippen LogP contribution in [0.1, 0.15) is 12.8 Å². The van der Waals surface area contributed by atoms with Gasteiger partial charge in [-0.05, 0) is 7.05 Å². The summed E-state index contributed by atoms with van der Waals surface area (Å²) in [6.07, 6.45) is 0.144. The van der Waals surface area contributed by atoms with Crippen molar-refractivity contribution in [1.82, 2.24) is 4.90 Å². The van der Waals surface area contributed by atoms with Crippen molar-refractivity contribution in [3.05, 3.63) is 0 Å². The number of aliphatic hydroxyl groups is 1. The van der Waals surface area contributed by atoms with E-state index >= 15 is 0 Å². The Kier molecular flexibility index (Phi) is 2.44. The lowest BCUT2D eigenvalue weighted by atomic mass is 10.1. The molecule has 0 unspecified atom stereocenters. The summed E-state index contributed by atoms with van der Waals surface area (Å²) in [5.74, 6) is 0. The fourth-order valence-electron chi connectivity index (χ4n) is 1.23. The molecule has 0 spiro atoms. The fourth-order valence-corrected chi connectivity index (χ4v) is 1.92. The van der Waals surface area contributed by atoms with Crippen LogP contribution < -0.4 is 0 Å². The number of nitrogens with zero attached hydrogens (tertiary/aromatic N) is 1. The van der Waals surface area contributed by atoms with Crippen molar-refractivity contribution in [3.8, 4) is 0 Å². The smallest absolute Gasteiger partial charge is 0.295 e. The number of rotatable bonds is 1. The molecule has 0 atom stereocenters. The second-order valence-corrected chi connectivity index (χ2v) is 4.93. The third kappa shape index (κ3) is 1.77. The minimum Gasteiger partial charge on any atom is -0.372 e. The van der Waals surface area contributed by atoms with Crippen LogP contribution in [0.2, 0.25) is 0 Å². The lowest BCUT2D eigenvalue weighted by Crippen LogP contribution is -2.47. The highest BCUT2D eigenvalue weighted by molar-refractivity contribution is 7.87. The molecule has 1 rings (SSSR count). The van der Waals surface area contributed by atoms with Crippen LogP contribution in [0.25, 0.3) is 0 Å². The third-order valence-corrected chi connectivity index (χ3v) is 3.62. The Morgan fingerprint density at radius 3 is 2.08 bits per heavy atom. The second kappa shape index (κ2) is 2.95. The summed E-state index contributed by atoms with van der Waals surface area (Å²) in [5, 5.41) is 9.46. The average molecular weight is 195 g/mol. The Morgan fingerprint density at radius 2 is 1.75 bits per heavy atom. The first-order valence-electron chi connectivity index (χ1n) is 3.73. The van der Waals surface area contributed by atoms with Crippen LogP contribution in [0.4, 0.5) is 0 Å². The Hall–Kier alpha value is -0.170. The topological polar surface area (TPSA) is 77.8 Å². The molecule has 0 saturated carbocycles. The number of hydrogen-bond acceptors (Lipinski definition) is 4. The SMILES string of the molecule is CN1CCC(O)(S(=O)(=O)O)CC1. The number of hydrogen-bond donors (Lipinski definition) is 2. The van der Waals surface area contributed by atoms with Crippen molar-refractivity contribution in [2.45, 2.75) is 17.8 Å². The first-order valence-corrected chi connectivity index (χ1v) is 5.17. The summed E-state index contributed by atoms with van der Waals surface area (Å²) < 4.78 is 30.1. The lowest BCUT2D eigenvalue weighted by Gasteiger charge is -2.33. The maximum absolute atomic E-state index is 10.7. The van der Waals surface area contributed by atoms with Gasteiger partial charge in [-0.25, -0.2) is 0 Å². The van der Waals surface area contributed by atoms with Crippen LogP contribution in [0.5, 0.6) is 0 Å². The first-order chi connectivity index (χ1) is 5.35. The zero-order valence-electron chi connectivity index (χ0n) is 6.89. The zero-order valence-corrected chi connectivity index (χ0v) is 7.71. The van der Waals surface area contributed by atoms with Crippen LogP contribution in [0, 0.1) is 0 Å².